The van der Waals surface area contributed by atoms with Gasteiger partial charge in [0.15, 0.2) is 0 Å². The fourth-order valence-corrected chi connectivity index (χ4v) is 3.15. The lowest BCUT2D eigenvalue weighted by atomic mass is 10.1. The van der Waals surface area contributed by atoms with Crippen molar-refractivity contribution in [2.75, 3.05) is 25.1 Å². The van der Waals surface area contributed by atoms with Gasteiger partial charge in [-0.25, -0.2) is 4.39 Å². The maximum absolute atomic E-state index is 14.2. The zero-order valence-electron chi connectivity index (χ0n) is 14.4. The molecular formula is C19H18ClFN2O3. The van der Waals surface area contributed by atoms with Gasteiger partial charge in [-0.15, -0.1) is 0 Å². The van der Waals surface area contributed by atoms with Crippen LogP contribution >= 0.6 is 11.6 Å². The van der Waals surface area contributed by atoms with Crippen molar-refractivity contribution in [3.63, 3.8) is 0 Å². The van der Waals surface area contributed by atoms with E-state index in [-0.39, 0.29) is 29.8 Å². The summed E-state index contributed by atoms with van der Waals surface area (Å²) in [6.07, 6.45) is 0. The lowest BCUT2D eigenvalue weighted by Gasteiger charge is -2.39. The van der Waals surface area contributed by atoms with Crippen LogP contribution in [0.25, 0.3) is 0 Å². The molecule has 0 bridgehead atoms. The van der Waals surface area contributed by atoms with Gasteiger partial charge in [0.2, 0.25) is 5.91 Å². The van der Waals surface area contributed by atoms with Gasteiger partial charge in [0, 0.05) is 23.3 Å². The van der Waals surface area contributed by atoms with Gasteiger partial charge in [0.25, 0.3) is 5.91 Å². The summed E-state index contributed by atoms with van der Waals surface area (Å²) in [7, 11) is 1.37. The second-order valence-electron chi connectivity index (χ2n) is 6.08. The van der Waals surface area contributed by atoms with Gasteiger partial charge in [0.05, 0.1) is 7.11 Å². The maximum Gasteiger partial charge on any atom is 0.261 e. The van der Waals surface area contributed by atoms with Crippen molar-refractivity contribution in [3.8, 4) is 5.75 Å². The predicted octanol–water partition coefficient (Wildman–Crippen LogP) is 3.37. The van der Waals surface area contributed by atoms with Crippen LogP contribution in [0.3, 0.4) is 0 Å². The molecule has 1 saturated heterocycles. The first-order valence-electron chi connectivity index (χ1n) is 8.11. The molecule has 5 nitrogen and oxygen atoms in total. The van der Waals surface area contributed by atoms with E-state index >= 15 is 0 Å². The van der Waals surface area contributed by atoms with Crippen molar-refractivity contribution < 1.29 is 18.7 Å². The third kappa shape index (κ3) is 3.37. The molecule has 1 aliphatic rings. The number of methoxy groups -OCH3 is 1. The van der Waals surface area contributed by atoms with Gasteiger partial charge in [-0.05, 0) is 43.3 Å². The third-order valence-corrected chi connectivity index (χ3v) is 4.65. The van der Waals surface area contributed by atoms with E-state index in [0.717, 1.165) is 0 Å². The Morgan fingerprint density at radius 2 is 1.92 bits per heavy atom. The fraction of sp³-hybridized carbons (Fsp3) is 0.263. The lowest BCUT2D eigenvalue weighted by Crippen LogP contribution is -2.57. The number of rotatable bonds is 3. The number of amides is 2. The minimum absolute atomic E-state index is 0.139. The Morgan fingerprint density at radius 3 is 2.58 bits per heavy atom. The van der Waals surface area contributed by atoms with Crippen molar-refractivity contribution in [1.29, 1.82) is 0 Å². The molecule has 7 heteroatoms. The summed E-state index contributed by atoms with van der Waals surface area (Å²) in [5.74, 6) is -1.32. The number of carbonyl (C=O) groups is 2. The van der Waals surface area contributed by atoms with E-state index in [4.69, 9.17) is 16.3 Å². The molecular weight excluding hydrogens is 359 g/mol. The summed E-state index contributed by atoms with van der Waals surface area (Å²) in [4.78, 5) is 28.4. The molecule has 1 aliphatic heterocycles. The van der Waals surface area contributed by atoms with Crippen LogP contribution in [0.5, 0.6) is 5.75 Å². The van der Waals surface area contributed by atoms with Crippen LogP contribution in [0.15, 0.2) is 42.5 Å². The van der Waals surface area contributed by atoms with E-state index in [1.807, 2.05) is 6.92 Å². The summed E-state index contributed by atoms with van der Waals surface area (Å²) < 4.78 is 19.3. The third-order valence-electron chi connectivity index (χ3n) is 4.39. The van der Waals surface area contributed by atoms with E-state index in [0.29, 0.717) is 17.3 Å². The number of hydrogen-bond donors (Lipinski definition) is 0. The largest absolute Gasteiger partial charge is 0.496 e. The van der Waals surface area contributed by atoms with E-state index in [2.05, 4.69) is 0 Å². The number of carbonyl (C=O) groups excluding carboxylic acids is 2. The molecule has 136 valence electrons. The summed E-state index contributed by atoms with van der Waals surface area (Å²) in [6, 6.07) is 10.8. The quantitative estimate of drug-likeness (QED) is 0.825. The van der Waals surface area contributed by atoms with E-state index in [1.165, 1.54) is 30.2 Å². The number of hydrogen-bond acceptors (Lipinski definition) is 3. The van der Waals surface area contributed by atoms with Crippen LogP contribution in [0.4, 0.5) is 10.1 Å². The van der Waals surface area contributed by atoms with Crippen molar-refractivity contribution in [1.82, 2.24) is 4.90 Å². The van der Waals surface area contributed by atoms with Crippen LogP contribution < -0.4 is 9.64 Å². The minimum atomic E-state index is -0.672. The maximum atomic E-state index is 14.2. The molecule has 0 spiro atoms. The molecule has 0 saturated carbocycles. The van der Waals surface area contributed by atoms with Gasteiger partial charge in [-0.3, -0.25) is 9.59 Å². The molecule has 2 amide bonds. The zero-order chi connectivity index (χ0) is 18.8. The highest BCUT2D eigenvalue weighted by Crippen LogP contribution is 2.27. The van der Waals surface area contributed by atoms with E-state index in [9.17, 15) is 14.0 Å². The second kappa shape index (κ2) is 7.33. The zero-order valence-corrected chi connectivity index (χ0v) is 15.2. The Labute approximate surface area is 155 Å². The predicted molar refractivity (Wildman–Crippen MR) is 97.3 cm³/mol. The molecule has 2 aromatic carbocycles. The van der Waals surface area contributed by atoms with Crippen LogP contribution in [0, 0.1) is 5.82 Å². The Kier molecular flexibility index (Phi) is 5.13. The average molecular weight is 377 g/mol. The highest BCUT2D eigenvalue weighted by molar-refractivity contribution is 6.30. The van der Waals surface area contributed by atoms with Crippen LogP contribution in [-0.4, -0.2) is 43.0 Å². The number of anilines is 1. The Balaban J connectivity index is 1.85. The van der Waals surface area contributed by atoms with Crippen LogP contribution in [-0.2, 0) is 4.79 Å². The standard InChI is InChI=1S/C19H18ClFN2O3/c1-12-10-23(14-8-6-13(20)7-9-14)17(24)11-22(12)19(25)18-15(21)4-3-5-16(18)26-2/h3-9,12H,10-11H2,1-2H3. The van der Waals surface area contributed by atoms with Crippen LogP contribution in [0.2, 0.25) is 5.02 Å². The minimum Gasteiger partial charge on any atom is -0.496 e. The first kappa shape index (κ1) is 18.2. The van der Waals surface area contributed by atoms with E-state index in [1.54, 1.807) is 29.2 Å². The Bertz CT molecular complexity index is 841. The Morgan fingerprint density at radius 1 is 1.23 bits per heavy atom. The molecule has 3 rings (SSSR count). The number of halogens is 2. The van der Waals surface area contributed by atoms with Crippen molar-refractivity contribution >= 4 is 29.1 Å². The fourth-order valence-electron chi connectivity index (χ4n) is 3.02. The monoisotopic (exact) mass is 376 g/mol. The van der Waals surface area contributed by atoms with Gasteiger partial charge < -0.3 is 14.5 Å². The normalized spacial score (nSPS) is 17.4. The SMILES string of the molecule is COc1cccc(F)c1C(=O)N1CC(=O)N(c2ccc(Cl)cc2)CC1C. The number of benzene rings is 2. The first-order valence-corrected chi connectivity index (χ1v) is 8.49. The summed E-state index contributed by atoms with van der Waals surface area (Å²) in [5, 5.41) is 0.578. The molecule has 1 heterocycles. The summed E-state index contributed by atoms with van der Waals surface area (Å²) in [5.41, 5.74) is 0.552. The smallest absolute Gasteiger partial charge is 0.261 e. The van der Waals surface area contributed by atoms with Crippen LogP contribution in [0.1, 0.15) is 17.3 Å². The Hall–Kier alpha value is -2.60. The van der Waals surface area contributed by atoms with Crippen molar-refractivity contribution in [2.45, 2.75) is 13.0 Å². The lowest BCUT2D eigenvalue weighted by molar-refractivity contribution is -0.121. The first-order chi connectivity index (χ1) is 12.4. The molecule has 1 unspecified atom stereocenters. The molecule has 1 atom stereocenters. The topological polar surface area (TPSA) is 49.9 Å². The van der Waals surface area contributed by atoms with Gasteiger partial charge in [-0.1, -0.05) is 17.7 Å². The van der Waals surface area contributed by atoms with Gasteiger partial charge >= 0.3 is 0 Å². The van der Waals surface area contributed by atoms with Gasteiger partial charge in [0.1, 0.15) is 23.7 Å². The highest BCUT2D eigenvalue weighted by atomic mass is 35.5. The van der Waals surface area contributed by atoms with Crippen molar-refractivity contribution in [3.05, 3.63) is 58.9 Å². The van der Waals surface area contributed by atoms with Crippen molar-refractivity contribution in [2.24, 2.45) is 0 Å². The number of ether oxygens (including phenoxy) is 1. The molecule has 0 radical (unpaired) electrons. The second-order valence-corrected chi connectivity index (χ2v) is 6.52. The molecule has 0 N–H and O–H groups in total. The molecule has 2 aromatic rings. The average Bonchev–Trinajstić information content (AvgIpc) is 2.63. The number of piperazine rings is 1. The van der Waals surface area contributed by atoms with E-state index < -0.39 is 11.7 Å². The van der Waals surface area contributed by atoms with Gasteiger partial charge in [-0.2, -0.15) is 0 Å². The molecule has 26 heavy (non-hydrogen) atoms. The number of nitrogens with zero attached hydrogens (tertiary/aromatic N) is 2. The molecule has 0 aromatic heterocycles. The summed E-state index contributed by atoms with van der Waals surface area (Å²) in [6.45, 7) is 1.99. The summed E-state index contributed by atoms with van der Waals surface area (Å²) >= 11 is 5.89. The molecule has 1 fully saturated rings. The highest BCUT2D eigenvalue weighted by Gasteiger charge is 2.35. The molecule has 0 aliphatic carbocycles.